The lowest BCUT2D eigenvalue weighted by molar-refractivity contribution is -0.384. The number of nitrogens with one attached hydrogen (secondary N) is 1. The highest BCUT2D eigenvalue weighted by Crippen LogP contribution is 2.23. The molecule has 1 N–H and O–H groups in total. The minimum atomic E-state index is -0.772. The molecule has 0 aliphatic heterocycles. The van der Waals surface area contributed by atoms with E-state index in [4.69, 9.17) is 0 Å². The molecule has 0 radical (unpaired) electrons. The highest BCUT2D eigenvalue weighted by Gasteiger charge is 2.19. The Labute approximate surface area is 185 Å². The molecule has 1 amide bonds. The van der Waals surface area contributed by atoms with Crippen LogP contribution in [0.15, 0.2) is 54.7 Å². The van der Waals surface area contributed by atoms with E-state index in [1.807, 2.05) is 12.1 Å². The molecule has 2 aromatic carbocycles. The summed E-state index contributed by atoms with van der Waals surface area (Å²) in [5.41, 5.74) is 1.75. The number of methoxy groups -OCH3 is 1. The number of non-ortho nitro benzene ring substituents is 1. The second kappa shape index (κ2) is 9.01. The summed E-state index contributed by atoms with van der Waals surface area (Å²) in [7, 11) is 1.16. The number of esters is 1. The van der Waals surface area contributed by atoms with E-state index in [-0.39, 0.29) is 22.2 Å². The molecule has 1 heterocycles. The number of nitro groups is 1. The molecule has 9 heteroatoms. The SMILES string of the molecule is COC(=O)c1cc(C(=O)Nc2ccnn2Cc2ccc(C(C)(C)C)cc2)cc([N+](=O)[O-])c1. The largest absolute Gasteiger partial charge is 0.465 e. The van der Waals surface area contributed by atoms with Crippen molar-refractivity contribution in [3.63, 3.8) is 0 Å². The van der Waals surface area contributed by atoms with Crippen LogP contribution in [0.4, 0.5) is 11.5 Å². The molecule has 3 aromatic rings. The van der Waals surface area contributed by atoms with Crippen molar-refractivity contribution in [2.75, 3.05) is 12.4 Å². The topological polar surface area (TPSA) is 116 Å². The fourth-order valence-corrected chi connectivity index (χ4v) is 3.12. The molecule has 1 aromatic heterocycles. The van der Waals surface area contributed by atoms with Gasteiger partial charge in [0.2, 0.25) is 0 Å². The number of hydrogen-bond acceptors (Lipinski definition) is 6. The minimum Gasteiger partial charge on any atom is -0.465 e. The van der Waals surface area contributed by atoms with E-state index in [2.05, 4.69) is 48.1 Å². The Kier molecular flexibility index (Phi) is 6.38. The zero-order valence-electron chi connectivity index (χ0n) is 18.3. The van der Waals surface area contributed by atoms with Gasteiger partial charge in [-0.25, -0.2) is 9.48 Å². The summed E-state index contributed by atoms with van der Waals surface area (Å²) in [6.07, 6.45) is 1.55. The van der Waals surface area contributed by atoms with E-state index in [0.717, 1.165) is 24.8 Å². The summed E-state index contributed by atoms with van der Waals surface area (Å²) in [4.78, 5) is 35.2. The van der Waals surface area contributed by atoms with Gasteiger partial charge in [0.1, 0.15) is 5.82 Å². The quantitative estimate of drug-likeness (QED) is 0.352. The molecule has 0 fully saturated rings. The van der Waals surface area contributed by atoms with Crippen LogP contribution in [-0.4, -0.2) is 33.7 Å². The van der Waals surface area contributed by atoms with Gasteiger partial charge in [-0.05, 0) is 22.6 Å². The van der Waals surface area contributed by atoms with Gasteiger partial charge < -0.3 is 10.1 Å². The van der Waals surface area contributed by atoms with Crippen molar-refractivity contribution in [2.45, 2.75) is 32.7 Å². The lowest BCUT2D eigenvalue weighted by atomic mass is 9.87. The Morgan fingerprint density at radius 2 is 1.75 bits per heavy atom. The first-order chi connectivity index (χ1) is 15.1. The van der Waals surface area contributed by atoms with Crippen LogP contribution in [-0.2, 0) is 16.7 Å². The smallest absolute Gasteiger partial charge is 0.338 e. The number of amides is 1. The van der Waals surface area contributed by atoms with Crippen LogP contribution in [0.2, 0.25) is 0 Å². The predicted molar refractivity (Wildman–Crippen MR) is 119 cm³/mol. The van der Waals surface area contributed by atoms with E-state index in [9.17, 15) is 19.7 Å². The van der Waals surface area contributed by atoms with Crippen molar-refractivity contribution in [3.05, 3.63) is 87.1 Å². The van der Waals surface area contributed by atoms with Gasteiger partial charge in [-0.3, -0.25) is 14.9 Å². The number of rotatable bonds is 6. The van der Waals surface area contributed by atoms with Crippen LogP contribution in [0.3, 0.4) is 0 Å². The van der Waals surface area contributed by atoms with Gasteiger partial charge in [0.15, 0.2) is 0 Å². The molecule has 0 saturated carbocycles. The zero-order valence-corrected chi connectivity index (χ0v) is 18.3. The number of nitro benzene ring substituents is 1. The van der Waals surface area contributed by atoms with Crippen molar-refractivity contribution < 1.29 is 19.2 Å². The first kappa shape index (κ1) is 22.7. The van der Waals surface area contributed by atoms with Crippen LogP contribution in [0.1, 0.15) is 52.6 Å². The lowest BCUT2D eigenvalue weighted by Crippen LogP contribution is -2.17. The van der Waals surface area contributed by atoms with Crippen molar-refractivity contribution in [1.82, 2.24) is 9.78 Å². The van der Waals surface area contributed by atoms with E-state index in [1.54, 1.807) is 16.9 Å². The van der Waals surface area contributed by atoms with Gasteiger partial charge in [0, 0.05) is 23.8 Å². The van der Waals surface area contributed by atoms with Crippen LogP contribution in [0, 0.1) is 10.1 Å². The van der Waals surface area contributed by atoms with Gasteiger partial charge in [-0.1, -0.05) is 45.0 Å². The molecule has 0 spiro atoms. The molecule has 0 aliphatic carbocycles. The number of carbonyl (C=O) groups excluding carboxylic acids is 2. The number of nitrogens with zero attached hydrogens (tertiary/aromatic N) is 3. The number of benzene rings is 2. The monoisotopic (exact) mass is 436 g/mol. The van der Waals surface area contributed by atoms with Gasteiger partial charge in [-0.15, -0.1) is 0 Å². The highest BCUT2D eigenvalue weighted by atomic mass is 16.6. The molecule has 0 aliphatic rings. The van der Waals surface area contributed by atoms with E-state index in [1.165, 1.54) is 11.6 Å². The standard InChI is InChI=1S/C23H24N4O5/c1-23(2,3)18-7-5-15(6-8-18)14-26-20(9-10-24-26)25-21(28)16-11-17(22(29)32-4)13-19(12-16)27(30)31/h5-13H,14H2,1-4H3,(H,25,28). The normalized spacial score (nSPS) is 11.1. The molecule has 0 atom stereocenters. The van der Waals surface area contributed by atoms with Crippen LogP contribution in [0.5, 0.6) is 0 Å². The van der Waals surface area contributed by atoms with Crippen LogP contribution in [0.25, 0.3) is 0 Å². The third kappa shape index (κ3) is 5.18. The van der Waals surface area contributed by atoms with Crippen LogP contribution < -0.4 is 5.32 Å². The average molecular weight is 436 g/mol. The molecule has 32 heavy (non-hydrogen) atoms. The second-order valence-electron chi connectivity index (χ2n) is 8.29. The number of carbonyl (C=O) groups is 2. The number of hydrogen-bond donors (Lipinski definition) is 1. The van der Waals surface area contributed by atoms with E-state index in [0.29, 0.717) is 12.4 Å². The van der Waals surface area contributed by atoms with Crippen molar-refractivity contribution in [1.29, 1.82) is 0 Å². The summed E-state index contributed by atoms with van der Waals surface area (Å²) in [6.45, 7) is 6.85. The van der Waals surface area contributed by atoms with Crippen LogP contribution >= 0.6 is 0 Å². The number of aromatic nitrogens is 2. The fraction of sp³-hybridized carbons (Fsp3) is 0.261. The highest BCUT2D eigenvalue weighted by molar-refractivity contribution is 6.06. The summed E-state index contributed by atoms with van der Waals surface area (Å²) < 4.78 is 6.23. The Morgan fingerprint density at radius 3 is 2.34 bits per heavy atom. The third-order valence-electron chi connectivity index (χ3n) is 4.92. The van der Waals surface area contributed by atoms with E-state index >= 15 is 0 Å². The fourth-order valence-electron chi connectivity index (χ4n) is 3.12. The maximum Gasteiger partial charge on any atom is 0.338 e. The Hall–Kier alpha value is -4.01. The summed E-state index contributed by atoms with van der Waals surface area (Å²) in [5.74, 6) is -0.962. The summed E-state index contributed by atoms with van der Waals surface area (Å²) in [5, 5.41) is 18.2. The Balaban J connectivity index is 1.82. The van der Waals surface area contributed by atoms with Gasteiger partial charge >= 0.3 is 5.97 Å². The van der Waals surface area contributed by atoms with Gasteiger partial charge in [-0.2, -0.15) is 5.10 Å². The molecular weight excluding hydrogens is 412 g/mol. The lowest BCUT2D eigenvalue weighted by Gasteiger charge is -2.19. The molecule has 0 unspecified atom stereocenters. The minimum absolute atomic E-state index is 0.0399. The van der Waals surface area contributed by atoms with E-state index < -0.39 is 16.8 Å². The van der Waals surface area contributed by atoms with Crippen molar-refractivity contribution in [3.8, 4) is 0 Å². The molecule has 9 nitrogen and oxygen atoms in total. The first-order valence-corrected chi connectivity index (χ1v) is 9.89. The molecule has 0 bridgehead atoms. The zero-order chi connectivity index (χ0) is 23.5. The number of anilines is 1. The maximum atomic E-state index is 12.8. The molecule has 3 rings (SSSR count). The Morgan fingerprint density at radius 1 is 1.09 bits per heavy atom. The third-order valence-corrected chi connectivity index (χ3v) is 4.92. The van der Waals surface area contributed by atoms with Gasteiger partial charge in [0.25, 0.3) is 11.6 Å². The van der Waals surface area contributed by atoms with Crippen molar-refractivity contribution in [2.24, 2.45) is 0 Å². The van der Waals surface area contributed by atoms with Crippen molar-refractivity contribution >= 4 is 23.4 Å². The Bertz CT molecular complexity index is 1160. The molecular formula is C23H24N4O5. The first-order valence-electron chi connectivity index (χ1n) is 9.89. The summed E-state index contributed by atoms with van der Waals surface area (Å²) in [6, 6.07) is 13.2. The molecule has 166 valence electrons. The average Bonchev–Trinajstić information content (AvgIpc) is 3.18. The van der Waals surface area contributed by atoms with Gasteiger partial charge in [0.05, 0.1) is 30.3 Å². The number of ether oxygens (including phenoxy) is 1. The second-order valence-corrected chi connectivity index (χ2v) is 8.29. The summed E-state index contributed by atoms with van der Waals surface area (Å²) >= 11 is 0. The molecule has 0 saturated heterocycles. The maximum absolute atomic E-state index is 12.8. The predicted octanol–water partition coefficient (Wildman–Crippen LogP) is 4.18.